The highest BCUT2D eigenvalue weighted by Gasteiger charge is 2.31. The number of rotatable bonds is 5. The summed E-state index contributed by atoms with van der Waals surface area (Å²) < 4.78 is 23.1. The Morgan fingerprint density at radius 1 is 1.39 bits per heavy atom. The van der Waals surface area contributed by atoms with Gasteiger partial charge in [0.1, 0.15) is 5.82 Å². The van der Waals surface area contributed by atoms with Crippen molar-refractivity contribution in [3.63, 3.8) is 0 Å². The van der Waals surface area contributed by atoms with Gasteiger partial charge in [-0.2, -0.15) is 4.98 Å². The van der Waals surface area contributed by atoms with Gasteiger partial charge in [-0.25, -0.2) is 8.42 Å². The lowest BCUT2D eigenvalue weighted by Crippen LogP contribution is -2.29. The van der Waals surface area contributed by atoms with Gasteiger partial charge in [0.25, 0.3) is 0 Å². The van der Waals surface area contributed by atoms with Crippen molar-refractivity contribution >= 4 is 15.8 Å². The van der Waals surface area contributed by atoms with Crippen LogP contribution in [0.4, 0.5) is 5.95 Å². The third-order valence-corrected chi connectivity index (χ3v) is 5.94. The summed E-state index contributed by atoms with van der Waals surface area (Å²) in [6, 6.07) is 5.86. The van der Waals surface area contributed by atoms with Crippen LogP contribution in [-0.2, 0) is 15.3 Å². The lowest BCUT2D eigenvalue weighted by Gasteiger charge is -2.23. The number of anilines is 1. The largest absolute Gasteiger partial charge is 0.352 e. The molecule has 0 saturated carbocycles. The van der Waals surface area contributed by atoms with Crippen molar-refractivity contribution in [3.8, 4) is 0 Å². The molecule has 23 heavy (non-hydrogen) atoms. The van der Waals surface area contributed by atoms with E-state index in [9.17, 15) is 8.42 Å². The highest BCUT2D eigenvalue weighted by Crippen LogP contribution is 2.27. The smallest absolute Gasteiger partial charge is 0.242 e. The molecular weight excluding hydrogens is 314 g/mol. The van der Waals surface area contributed by atoms with Crippen LogP contribution in [0, 0.1) is 0 Å². The molecule has 1 aliphatic rings. The summed E-state index contributed by atoms with van der Waals surface area (Å²) in [5, 5.41) is 10.2. The zero-order valence-corrected chi connectivity index (χ0v) is 14.1. The normalized spacial score (nSPS) is 20.5. The van der Waals surface area contributed by atoms with Crippen LogP contribution in [0.15, 0.2) is 24.4 Å². The van der Waals surface area contributed by atoms with Crippen LogP contribution in [0.5, 0.6) is 0 Å². The second-order valence-electron chi connectivity index (χ2n) is 6.60. The van der Waals surface area contributed by atoms with Gasteiger partial charge in [-0.15, -0.1) is 5.10 Å². The Hall–Kier alpha value is -1.96. The Balaban J connectivity index is 1.64. The Bertz CT molecular complexity index is 770. The molecule has 1 atom stereocenters. The van der Waals surface area contributed by atoms with E-state index in [0.29, 0.717) is 24.7 Å². The fraction of sp³-hybridized carbons (Fsp3) is 0.533. The van der Waals surface area contributed by atoms with E-state index in [2.05, 4.69) is 39.3 Å². The van der Waals surface area contributed by atoms with Gasteiger partial charge >= 0.3 is 0 Å². The predicted molar refractivity (Wildman–Crippen MR) is 88.1 cm³/mol. The molecule has 0 amide bonds. The van der Waals surface area contributed by atoms with Crippen molar-refractivity contribution in [2.24, 2.45) is 0 Å². The number of nitrogens with one attached hydrogen (secondary N) is 2. The predicted octanol–water partition coefficient (Wildman–Crippen LogP) is 1.49. The highest BCUT2D eigenvalue weighted by molar-refractivity contribution is 7.91. The summed E-state index contributed by atoms with van der Waals surface area (Å²) in [5.41, 5.74) is 0.823. The van der Waals surface area contributed by atoms with Gasteiger partial charge in [-0.05, 0) is 18.6 Å². The lowest BCUT2D eigenvalue weighted by molar-refractivity contribution is 0.537. The molecule has 3 rings (SSSR count). The van der Waals surface area contributed by atoms with Crippen LogP contribution >= 0.6 is 0 Å². The number of sulfone groups is 1. The Labute approximate surface area is 135 Å². The van der Waals surface area contributed by atoms with E-state index in [1.54, 1.807) is 6.20 Å². The molecule has 1 unspecified atom stereocenters. The number of pyridine rings is 1. The first-order valence-corrected chi connectivity index (χ1v) is 9.46. The molecule has 8 heteroatoms. The van der Waals surface area contributed by atoms with Crippen LogP contribution in [0.2, 0.25) is 0 Å². The minimum Gasteiger partial charge on any atom is -0.352 e. The highest BCUT2D eigenvalue weighted by atomic mass is 32.2. The summed E-state index contributed by atoms with van der Waals surface area (Å²) in [5.74, 6) is 1.44. The molecule has 2 N–H and O–H groups in total. The monoisotopic (exact) mass is 335 g/mol. The van der Waals surface area contributed by atoms with Crippen molar-refractivity contribution in [1.29, 1.82) is 0 Å². The SMILES string of the molecule is CC(C)(CNc1n[nH]c(C2CCS(=O)(=O)C2)n1)c1ccccn1. The second-order valence-corrected chi connectivity index (χ2v) is 8.83. The first-order valence-electron chi connectivity index (χ1n) is 7.64. The molecule has 3 heterocycles. The molecule has 124 valence electrons. The summed E-state index contributed by atoms with van der Waals surface area (Å²) in [7, 11) is -2.92. The van der Waals surface area contributed by atoms with Crippen molar-refractivity contribution in [1.82, 2.24) is 20.2 Å². The van der Waals surface area contributed by atoms with Crippen molar-refractivity contribution in [3.05, 3.63) is 35.9 Å². The Morgan fingerprint density at radius 3 is 2.87 bits per heavy atom. The van der Waals surface area contributed by atoms with Gasteiger partial charge in [0.2, 0.25) is 5.95 Å². The topological polar surface area (TPSA) is 101 Å². The molecule has 0 aliphatic carbocycles. The third-order valence-electron chi connectivity index (χ3n) is 4.17. The van der Waals surface area contributed by atoms with Gasteiger partial charge in [0.05, 0.1) is 11.5 Å². The summed E-state index contributed by atoms with van der Waals surface area (Å²) in [6.45, 7) is 4.82. The molecule has 0 radical (unpaired) electrons. The standard InChI is InChI=1S/C15H21N5O2S/c1-15(2,12-5-3-4-7-16-12)10-17-14-18-13(19-20-14)11-6-8-23(21,22)9-11/h3-5,7,11H,6,8-10H2,1-2H3,(H2,17,18,19,20). The Kier molecular flexibility index (Phi) is 4.09. The number of aromatic nitrogens is 4. The zero-order valence-electron chi connectivity index (χ0n) is 13.3. The first kappa shape index (κ1) is 15.9. The maximum atomic E-state index is 11.6. The Morgan fingerprint density at radius 2 is 2.22 bits per heavy atom. The van der Waals surface area contributed by atoms with Crippen LogP contribution in [0.3, 0.4) is 0 Å². The summed E-state index contributed by atoms with van der Waals surface area (Å²) in [6.07, 6.45) is 2.39. The van der Waals surface area contributed by atoms with E-state index in [1.807, 2.05) is 18.2 Å². The molecule has 2 aromatic heterocycles. The van der Waals surface area contributed by atoms with Crippen LogP contribution in [-0.4, -0.2) is 46.6 Å². The van der Waals surface area contributed by atoms with Crippen LogP contribution in [0.25, 0.3) is 0 Å². The maximum Gasteiger partial charge on any atom is 0.242 e. The molecule has 0 spiro atoms. The van der Waals surface area contributed by atoms with E-state index in [-0.39, 0.29) is 22.8 Å². The molecular formula is C15H21N5O2S. The van der Waals surface area contributed by atoms with E-state index in [1.165, 1.54) is 0 Å². The number of hydrogen-bond acceptors (Lipinski definition) is 6. The second kappa shape index (κ2) is 5.92. The molecule has 0 aromatic carbocycles. The fourth-order valence-corrected chi connectivity index (χ4v) is 4.45. The number of H-pyrrole nitrogens is 1. The minimum absolute atomic E-state index is 0.0770. The van der Waals surface area contributed by atoms with Crippen molar-refractivity contribution in [2.75, 3.05) is 23.4 Å². The summed E-state index contributed by atoms with van der Waals surface area (Å²) in [4.78, 5) is 8.78. The molecule has 0 bridgehead atoms. The van der Waals surface area contributed by atoms with E-state index >= 15 is 0 Å². The molecule has 7 nitrogen and oxygen atoms in total. The molecule has 1 saturated heterocycles. The minimum atomic E-state index is -2.92. The molecule has 2 aromatic rings. The van der Waals surface area contributed by atoms with E-state index < -0.39 is 9.84 Å². The number of hydrogen-bond donors (Lipinski definition) is 2. The van der Waals surface area contributed by atoms with Crippen molar-refractivity contribution < 1.29 is 8.42 Å². The average molecular weight is 335 g/mol. The fourth-order valence-electron chi connectivity index (χ4n) is 2.70. The van der Waals surface area contributed by atoms with Gasteiger partial charge in [0.15, 0.2) is 9.84 Å². The molecule has 1 fully saturated rings. The maximum absolute atomic E-state index is 11.6. The zero-order chi connectivity index (χ0) is 16.5. The van der Waals surface area contributed by atoms with Gasteiger partial charge < -0.3 is 5.32 Å². The van der Waals surface area contributed by atoms with E-state index in [4.69, 9.17) is 0 Å². The van der Waals surface area contributed by atoms with Crippen LogP contribution in [0.1, 0.15) is 37.7 Å². The van der Waals surface area contributed by atoms with E-state index in [0.717, 1.165) is 5.69 Å². The molecule has 1 aliphatic heterocycles. The van der Waals surface area contributed by atoms with Gasteiger partial charge in [-0.1, -0.05) is 19.9 Å². The van der Waals surface area contributed by atoms with Gasteiger partial charge in [0, 0.05) is 29.8 Å². The van der Waals surface area contributed by atoms with Crippen LogP contribution < -0.4 is 5.32 Å². The third kappa shape index (κ3) is 3.69. The first-order chi connectivity index (χ1) is 10.9. The average Bonchev–Trinajstić information content (AvgIpc) is 3.12. The summed E-state index contributed by atoms with van der Waals surface area (Å²) >= 11 is 0. The van der Waals surface area contributed by atoms with Gasteiger partial charge in [-0.3, -0.25) is 10.1 Å². The number of aromatic amines is 1. The quantitative estimate of drug-likeness (QED) is 0.858. The number of nitrogens with zero attached hydrogens (tertiary/aromatic N) is 3. The lowest BCUT2D eigenvalue weighted by atomic mass is 9.89. The van der Waals surface area contributed by atoms with Crippen molar-refractivity contribution in [2.45, 2.75) is 31.6 Å².